The number of halogens is 3. The van der Waals surface area contributed by atoms with Crippen LogP contribution in [0, 0.1) is 0 Å². The van der Waals surface area contributed by atoms with Crippen LogP contribution in [0.4, 0.5) is 18.0 Å². The van der Waals surface area contributed by atoms with Crippen LogP contribution in [0.2, 0.25) is 0 Å². The van der Waals surface area contributed by atoms with Crippen LogP contribution >= 0.6 is 0 Å². The molecule has 0 saturated heterocycles. The first kappa shape index (κ1) is 25.0. The standard InChI is InChI=1S/C23H23F3N2O6/c24-23(25,26)34-11-5-10-27-21(31)19(12-20(29)30)28-22(32)33-13-18-16-8-3-1-6-14(16)15-7-2-4-9-17(15)18/h1-4,6-9,18-19H,5,10-13H2,(H,27,31)(H,28,32)(H,29,30). The van der Waals surface area contributed by atoms with Crippen molar-refractivity contribution in [2.24, 2.45) is 0 Å². The molecule has 0 aliphatic heterocycles. The first-order valence-electron chi connectivity index (χ1n) is 10.5. The number of carbonyl (C=O) groups excluding carboxylic acids is 2. The molecule has 0 spiro atoms. The number of nitrogens with one attached hydrogen (secondary N) is 2. The molecule has 0 fully saturated rings. The highest BCUT2D eigenvalue weighted by Gasteiger charge is 2.31. The number of hydrogen-bond acceptors (Lipinski definition) is 5. The summed E-state index contributed by atoms with van der Waals surface area (Å²) in [5.74, 6) is -2.43. The molecule has 2 aromatic rings. The Labute approximate surface area is 193 Å². The molecule has 0 bridgehead atoms. The van der Waals surface area contributed by atoms with E-state index in [0.29, 0.717) is 0 Å². The van der Waals surface area contributed by atoms with E-state index in [-0.39, 0.29) is 25.5 Å². The number of alkyl halides is 3. The second kappa shape index (κ2) is 11.0. The van der Waals surface area contributed by atoms with Crippen LogP contribution in [0.5, 0.6) is 0 Å². The number of carboxylic acids is 1. The van der Waals surface area contributed by atoms with Crippen molar-refractivity contribution in [1.82, 2.24) is 10.6 Å². The third-order valence-corrected chi connectivity index (χ3v) is 5.22. The van der Waals surface area contributed by atoms with E-state index in [0.717, 1.165) is 22.3 Å². The zero-order valence-corrected chi connectivity index (χ0v) is 17.9. The summed E-state index contributed by atoms with van der Waals surface area (Å²) in [6.45, 7) is -0.902. The molecule has 1 unspecified atom stereocenters. The van der Waals surface area contributed by atoms with Gasteiger partial charge in [-0.3, -0.25) is 14.3 Å². The molecule has 1 aliphatic carbocycles. The number of aliphatic carboxylic acids is 1. The average molecular weight is 480 g/mol. The van der Waals surface area contributed by atoms with Gasteiger partial charge in [0.2, 0.25) is 5.91 Å². The zero-order valence-electron chi connectivity index (χ0n) is 17.9. The fraction of sp³-hybridized carbons (Fsp3) is 0.348. The van der Waals surface area contributed by atoms with Crippen molar-refractivity contribution in [2.45, 2.75) is 31.2 Å². The summed E-state index contributed by atoms with van der Waals surface area (Å²) in [6, 6.07) is 13.9. The van der Waals surface area contributed by atoms with Crippen molar-refractivity contribution >= 4 is 18.0 Å². The van der Waals surface area contributed by atoms with Gasteiger partial charge in [-0.2, -0.15) is 0 Å². The predicted molar refractivity (Wildman–Crippen MR) is 114 cm³/mol. The summed E-state index contributed by atoms with van der Waals surface area (Å²) >= 11 is 0. The lowest BCUT2D eigenvalue weighted by atomic mass is 9.98. The molecule has 11 heteroatoms. The van der Waals surface area contributed by atoms with Gasteiger partial charge < -0.3 is 20.5 Å². The molecule has 0 heterocycles. The van der Waals surface area contributed by atoms with Gasteiger partial charge in [0.25, 0.3) is 0 Å². The Bertz CT molecular complexity index is 998. The van der Waals surface area contributed by atoms with E-state index in [2.05, 4.69) is 15.4 Å². The number of fused-ring (bicyclic) bond motifs is 3. The number of alkyl carbamates (subject to hydrolysis) is 1. The second-order valence-electron chi connectivity index (χ2n) is 7.56. The van der Waals surface area contributed by atoms with Gasteiger partial charge >= 0.3 is 18.4 Å². The Hall–Kier alpha value is -3.60. The lowest BCUT2D eigenvalue weighted by molar-refractivity contribution is -0.324. The second-order valence-corrected chi connectivity index (χ2v) is 7.56. The van der Waals surface area contributed by atoms with E-state index in [1.807, 2.05) is 48.5 Å². The highest BCUT2D eigenvalue weighted by atomic mass is 19.4. The molecule has 2 amide bonds. The maximum absolute atomic E-state index is 12.4. The molecule has 0 aromatic heterocycles. The third kappa shape index (κ3) is 6.70. The van der Waals surface area contributed by atoms with Gasteiger partial charge in [0.1, 0.15) is 12.6 Å². The Morgan fingerprint density at radius 2 is 1.59 bits per heavy atom. The van der Waals surface area contributed by atoms with Crippen LogP contribution in [0.3, 0.4) is 0 Å². The first-order chi connectivity index (χ1) is 16.2. The minimum Gasteiger partial charge on any atom is -0.481 e. The quantitative estimate of drug-likeness (QED) is 0.449. The Kier molecular flexibility index (Phi) is 8.11. The predicted octanol–water partition coefficient (Wildman–Crippen LogP) is 3.41. The molecular weight excluding hydrogens is 457 g/mol. The van der Waals surface area contributed by atoms with Crippen LogP contribution in [0.25, 0.3) is 11.1 Å². The van der Waals surface area contributed by atoms with Crippen LogP contribution in [-0.2, 0) is 19.1 Å². The number of carbonyl (C=O) groups is 3. The van der Waals surface area contributed by atoms with E-state index >= 15 is 0 Å². The van der Waals surface area contributed by atoms with Crippen molar-refractivity contribution in [3.8, 4) is 11.1 Å². The van der Waals surface area contributed by atoms with Gasteiger partial charge in [0, 0.05) is 12.5 Å². The van der Waals surface area contributed by atoms with Gasteiger partial charge in [-0.1, -0.05) is 48.5 Å². The Morgan fingerprint density at radius 3 is 2.15 bits per heavy atom. The fourth-order valence-electron chi connectivity index (χ4n) is 3.76. The SMILES string of the molecule is O=C(O)CC(NC(=O)OCC1c2ccccc2-c2ccccc21)C(=O)NCCCOC(F)(F)F. The number of rotatable bonds is 10. The summed E-state index contributed by atoms with van der Waals surface area (Å²) in [6.07, 6.45) is -6.64. The highest BCUT2D eigenvalue weighted by Crippen LogP contribution is 2.44. The Morgan fingerprint density at radius 1 is 1.00 bits per heavy atom. The van der Waals surface area contributed by atoms with Gasteiger partial charge in [-0.25, -0.2) is 4.79 Å². The number of ether oxygens (including phenoxy) is 2. The van der Waals surface area contributed by atoms with Gasteiger partial charge in [0.05, 0.1) is 13.0 Å². The molecule has 2 aromatic carbocycles. The molecule has 0 radical (unpaired) electrons. The molecule has 8 nitrogen and oxygen atoms in total. The third-order valence-electron chi connectivity index (χ3n) is 5.22. The summed E-state index contributed by atoms with van der Waals surface area (Å²) in [5, 5.41) is 13.6. The first-order valence-corrected chi connectivity index (χ1v) is 10.5. The van der Waals surface area contributed by atoms with Crippen LogP contribution in [-0.4, -0.2) is 55.2 Å². The van der Waals surface area contributed by atoms with Gasteiger partial charge in [-0.05, 0) is 28.7 Å². The number of amides is 2. The maximum Gasteiger partial charge on any atom is 0.522 e. The van der Waals surface area contributed by atoms with Gasteiger partial charge in [0.15, 0.2) is 0 Å². The summed E-state index contributed by atoms with van der Waals surface area (Å²) in [7, 11) is 0. The molecule has 1 atom stereocenters. The van der Waals surface area contributed by atoms with Crippen molar-refractivity contribution < 1.29 is 42.1 Å². The number of benzene rings is 2. The van der Waals surface area contributed by atoms with E-state index in [1.165, 1.54) is 0 Å². The molecule has 34 heavy (non-hydrogen) atoms. The zero-order chi connectivity index (χ0) is 24.7. The maximum atomic E-state index is 12.4. The monoisotopic (exact) mass is 480 g/mol. The van der Waals surface area contributed by atoms with E-state index in [1.54, 1.807) is 0 Å². The molecule has 0 saturated carbocycles. The van der Waals surface area contributed by atoms with E-state index < -0.39 is 43.4 Å². The van der Waals surface area contributed by atoms with Gasteiger partial charge in [-0.15, -0.1) is 13.2 Å². The molecule has 1 aliphatic rings. The fourth-order valence-corrected chi connectivity index (χ4v) is 3.76. The molecule has 3 N–H and O–H groups in total. The van der Waals surface area contributed by atoms with Crippen molar-refractivity contribution in [3.05, 3.63) is 59.7 Å². The van der Waals surface area contributed by atoms with E-state index in [4.69, 9.17) is 9.84 Å². The van der Waals surface area contributed by atoms with E-state index in [9.17, 15) is 27.6 Å². The van der Waals surface area contributed by atoms with Crippen LogP contribution in [0.1, 0.15) is 29.9 Å². The normalized spacial score (nSPS) is 13.5. The smallest absolute Gasteiger partial charge is 0.481 e. The Balaban J connectivity index is 1.55. The van der Waals surface area contributed by atoms with Crippen molar-refractivity contribution in [3.63, 3.8) is 0 Å². The largest absolute Gasteiger partial charge is 0.522 e. The van der Waals surface area contributed by atoms with Crippen LogP contribution < -0.4 is 10.6 Å². The average Bonchev–Trinajstić information content (AvgIpc) is 3.09. The summed E-state index contributed by atoms with van der Waals surface area (Å²) in [5.41, 5.74) is 4.03. The number of carboxylic acid groups (broad SMARTS) is 1. The number of hydrogen-bond donors (Lipinski definition) is 3. The van der Waals surface area contributed by atoms with Crippen molar-refractivity contribution in [2.75, 3.05) is 19.8 Å². The minimum atomic E-state index is -4.78. The molecule has 182 valence electrons. The minimum absolute atomic E-state index is 0.0317. The van der Waals surface area contributed by atoms with Crippen LogP contribution in [0.15, 0.2) is 48.5 Å². The lowest BCUT2D eigenvalue weighted by Gasteiger charge is -2.19. The highest BCUT2D eigenvalue weighted by molar-refractivity contribution is 5.89. The topological polar surface area (TPSA) is 114 Å². The molecule has 3 rings (SSSR count). The summed E-state index contributed by atoms with van der Waals surface area (Å²) in [4.78, 5) is 35.7. The van der Waals surface area contributed by atoms with Crippen molar-refractivity contribution in [1.29, 1.82) is 0 Å². The molecular formula is C23H23F3N2O6. The summed E-state index contributed by atoms with van der Waals surface area (Å²) < 4.78 is 44.8. The lowest BCUT2D eigenvalue weighted by Crippen LogP contribution is -2.48.